The highest BCUT2D eigenvalue weighted by molar-refractivity contribution is 7.89. The van der Waals surface area contributed by atoms with Gasteiger partial charge in [0.15, 0.2) is 0 Å². The van der Waals surface area contributed by atoms with Gasteiger partial charge in [0.2, 0.25) is 15.9 Å². The molecule has 0 spiro atoms. The van der Waals surface area contributed by atoms with Gasteiger partial charge in [-0.15, -0.1) is 0 Å². The number of benzene rings is 1. The van der Waals surface area contributed by atoms with Crippen molar-refractivity contribution in [3.8, 4) is 0 Å². The first-order chi connectivity index (χ1) is 9.27. The highest BCUT2D eigenvalue weighted by atomic mass is 32.2. The van der Waals surface area contributed by atoms with E-state index in [0.717, 1.165) is 6.07 Å². The van der Waals surface area contributed by atoms with Gasteiger partial charge in [-0.2, -0.15) is 0 Å². The number of nitrogens with one attached hydrogen (secondary N) is 1. The number of aryl methyl sites for hydroxylation is 1. The number of carbonyl (C=O) groups excluding carboxylic acids is 1. The van der Waals surface area contributed by atoms with Crippen molar-refractivity contribution in [3.05, 3.63) is 29.3 Å². The third-order valence-corrected chi connectivity index (χ3v) is 4.13. The fourth-order valence-corrected chi connectivity index (χ4v) is 2.68. The molecule has 0 aromatic heterocycles. The quantitative estimate of drug-likeness (QED) is 0.658. The molecule has 1 amide bonds. The molecule has 1 aromatic carbocycles. The van der Waals surface area contributed by atoms with Gasteiger partial charge in [-0.1, -0.05) is 13.0 Å². The van der Waals surface area contributed by atoms with E-state index >= 15 is 0 Å². The second kappa shape index (κ2) is 6.49. The summed E-state index contributed by atoms with van der Waals surface area (Å²) in [7, 11) is -3.86. The van der Waals surface area contributed by atoms with Crippen LogP contribution in [0.15, 0.2) is 23.1 Å². The number of hydrogen-bond donors (Lipinski definition) is 3. The predicted molar refractivity (Wildman–Crippen MR) is 71.8 cm³/mol. The Hall–Kier alpha value is -1.93. The first-order valence-electron chi connectivity index (χ1n) is 5.92. The van der Waals surface area contributed by atoms with Gasteiger partial charge in [-0.25, -0.2) is 17.9 Å². The van der Waals surface area contributed by atoms with Crippen molar-refractivity contribution >= 4 is 21.9 Å². The van der Waals surface area contributed by atoms with Crippen LogP contribution in [0.4, 0.5) is 0 Å². The predicted octanol–water partition coefficient (Wildman–Crippen LogP) is 0.101. The molecule has 0 bridgehead atoms. The van der Waals surface area contributed by atoms with Crippen molar-refractivity contribution in [2.75, 3.05) is 6.54 Å². The summed E-state index contributed by atoms with van der Waals surface area (Å²) in [5.74, 6) is -1.81. The summed E-state index contributed by atoms with van der Waals surface area (Å²) >= 11 is 0. The summed E-state index contributed by atoms with van der Waals surface area (Å²) in [4.78, 5) is 21.5. The first kappa shape index (κ1) is 16.1. The molecule has 0 saturated heterocycles. The minimum Gasteiger partial charge on any atom is -0.478 e. The van der Waals surface area contributed by atoms with E-state index in [1.807, 2.05) is 0 Å². The number of carboxylic acid groups (broad SMARTS) is 1. The number of primary amides is 1. The molecular weight excluding hydrogens is 284 g/mol. The molecule has 8 heteroatoms. The lowest BCUT2D eigenvalue weighted by Crippen LogP contribution is -2.28. The summed E-state index contributed by atoms with van der Waals surface area (Å²) in [5, 5.41) is 9.06. The molecule has 20 heavy (non-hydrogen) atoms. The maximum Gasteiger partial charge on any atom is 0.336 e. The van der Waals surface area contributed by atoms with Gasteiger partial charge in [-0.3, -0.25) is 4.79 Å². The topological polar surface area (TPSA) is 127 Å². The largest absolute Gasteiger partial charge is 0.478 e. The Morgan fingerprint density at radius 1 is 1.35 bits per heavy atom. The van der Waals surface area contributed by atoms with E-state index in [1.54, 1.807) is 6.92 Å². The first-order valence-corrected chi connectivity index (χ1v) is 7.40. The van der Waals surface area contributed by atoms with E-state index < -0.39 is 21.9 Å². The molecule has 0 fully saturated rings. The van der Waals surface area contributed by atoms with E-state index in [-0.39, 0.29) is 23.4 Å². The van der Waals surface area contributed by atoms with Crippen LogP contribution in [-0.4, -0.2) is 31.9 Å². The maximum atomic E-state index is 11.9. The van der Waals surface area contributed by atoms with Crippen LogP contribution < -0.4 is 10.5 Å². The SMILES string of the molecule is CCc1ccc(S(=O)(=O)NCCC(N)=O)cc1C(=O)O. The van der Waals surface area contributed by atoms with Crippen LogP contribution in [0.25, 0.3) is 0 Å². The van der Waals surface area contributed by atoms with Crippen LogP contribution >= 0.6 is 0 Å². The Labute approximate surface area is 116 Å². The van der Waals surface area contributed by atoms with E-state index in [1.165, 1.54) is 12.1 Å². The molecule has 1 rings (SSSR count). The van der Waals surface area contributed by atoms with Crippen molar-refractivity contribution in [3.63, 3.8) is 0 Å². The van der Waals surface area contributed by atoms with E-state index in [4.69, 9.17) is 10.8 Å². The fraction of sp³-hybridized carbons (Fsp3) is 0.333. The van der Waals surface area contributed by atoms with E-state index in [0.29, 0.717) is 12.0 Å². The van der Waals surface area contributed by atoms with Crippen LogP contribution in [0, 0.1) is 0 Å². The molecule has 1 aromatic rings. The number of rotatable bonds is 7. The molecule has 0 aliphatic rings. The molecule has 7 nitrogen and oxygen atoms in total. The van der Waals surface area contributed by atoms with Crippen molar-refractivity contribution in [2.45, 2.75) is 24.7 Å². The summed E-state index contributed by atoms with van der Waals surface area (Å²) in [6, 6.07) is 3.90. The number of aromatic carboxylic acids is 1. The van der Waals surface area contributed by atoms with Gasteiger partial charge < -0.3 is 10.8 Å². The molecule has 0 radical (unpaired) electrons. The Balaban J connectivity index is 3.04. The molecule has 0 saturated carbocycles. The van der Waals surface area contributed by atoms with Gasteiger partial charge in [0.05, 0.1) is 10.5 Å². The molecule has 0 aliphatic carbocycles. The third kappa shape index (κ3) is 4.04. The lowest BCUT2D eigenvalue weighted by molar-refractivity contribution is -0.117. The molecule has 4 N–H and O–H groups in total. The zero-order chi connectivity index (χ0) is 15.3. The van der Waals surface area contributed by atoms with E-state index in [9.17, 15) is 18.0 Å². The average molecular weight is 300 g/mol. The summed E-state index contributed by atoms with van der Waals surface area (Å²) in [6.45, 7) is 1.65. The molecular formula is C12H16N2O5S. The number of amides is 1. The summed E-state index contributed by atoms with van der Waals surface area (Å²) < 4.78 is 26.1. The Morgan fingerprint density at radius 2 is 2.00 bits per heavy atom. The van der Waals surface area contributed by atoms with E-state index in [2.05, 4.69) is 4.72 Å². The minimum atomic E-state index is -3.86. The van der Waals surface area contributed by atoms with Crippen LogP contribution in [0.3, 0.4) is 0 Å². The monoisotopic (exact) mass is 300 g/mol. The fourth-order valence-electron chi connectivity index (χ4n) is 1.62. The summed E-state index contributed by atoms with van der Waals surface area (Å²) in [6.07, 6.45) is 0.356. The smallest absolute Gasteiger partial charge is 0.336 e. The Morgan fingerprint density at radius 3 is 2.50 bits per heavy atom. The zero-order valence-corrected chi connectivity index (χ0v) is 11.7. The van der Waals surface area contributed by atoms with Crippen molar-refractivity contribution in [1.82, 2.24) is 4.72 Å². The lowest BCUT2D eigenvalue weighted by Gasteiger charge is -2.09. The van der Waals surface area contributed by atoms with Crippen molar-refractivity contribution in [2.24, 2.45) is 5.73 Å². The second-order valence-electron chi connectivity index (χ2n) is 4.09. The van der Waals surface area contributed by atoms with Gasteiger partial charge in [-0.05, 0) is 24.1 Å². The Bertz CT molecular complexity index is 625. The highest BCUT2D eigenvalue weighted by Crippen LogP contribution is 2.17. The molecule has 110 valence electrons. The van der Waals surface area contributed by atoms with Gasteiger partial charge in [0.25, 0.3) is 0 Å². The standard InChI is InChI=1S/C12H16N2O5S/c1-2-8-3-4-9(7-10(8)12(16)17)20(18,19)14-6-5-11(13)15/h3-4,7,14H,2,5-6H2,1H3,(H2,13,15)(H,16,17). The van der Waals surface area contributed by atoms with Crippen LogP contribution in [-0.2, 0) is 21.2 Å². The molecule has 0 atom stereocenters. The number of carbonyl (C=O) groups is 2. The highest BCUT2D eigenvalue weighted by Gasteiger charge is 2.18. The lowest BCUT2D eigenvalue weighted by atomic mass is 10.1. The molecule has 0 heterocycles. The second-order valence-corrected chi connectivity index (χ2v) is 5.86. The molecule has 0 aliphatic heterocycles. The minimum absolute atomic E-state index is 0.0507. The van der Waals surface area contributed by atoms with Gasteiger partial charge in [0, 0.05) is 13.0 Å². The number of hydrogen-bond acceptors (Lipinski definition) is 4. The number of nitrogens with two attached hydrogens (primary N) is 1. The van der Waals surface area contributed by atoms with Crippen LogP contribution in [0.1, 0.15) is 29.3 Å². The van der Waals surface area contributed by atoms with Crippen molar-refractivity contribution < 1.29 is 23.1 Å². The average Bonchev–Trinajstić information content (AvgIpc) is 2.37. The van der Waals surface area contributed by atoms with Crippen LogP contribution in [0.2, 0.25) is 0 Å². The van der Waals surface area contributed by atoms with Crippen molar-refractivity contribution in [1.29, 1.82) is 0 Å². The Kier molecular flexibility index (Phi) is 5.23. The third-order valence-electron chi connectivity index (χ3n) is 2.67. The number of sulfonamides is 1. The zero-order valence-electron chi connectivity index (χ0n) is 10.9. The van der Waals surface area contributed by atoms with Gasteiger partial charge in [0.1, 0.15) is 0 Å². The van der Waals surface area contributed by atoms with Gasteiger partial charge >= 0.3 is 5.97 Å². The maximum absolute atomic E-state index is 11.9. The summed E-state index contributed by atoms with van der Waals surface area (Å²) in [5.41, 5.74) is 5.41. The normalized spacial score (nSPS) is 11.2. The van der Waals surface area contributed by atoms with Crippen LogP contribution in [0.5, 0.6) is 0 Å². The molecule has 0 unspecified atom stereocenters. The number of carboxylic acids is 1.